The molecule has 0 unspecified atom stereocenters. The summed E-state index contributed by atoms with van der Waals surface area (Å²) in [5.74, 6) is 0.673. The quantitative estimate of drug-likeness (QED) is 0.729. The highest BCUT2D eigenvalue weighted by Crippen LogP contribution is 2.36. The lowest BCUT2D eigenvalue weighted by Crippen LogP contribution is -2.09. The first-order valence-corrected chi connectivity index (χ1v) is 8.20. The molecule has 0 fully saturated rings. The number of aromatic nitrogens is 3. The summed E-state index contributed by atoms with van der Waals surface area (Å²) in [6.07, 6.45) is -0.741. The highest BCUT2D eigenvalue weighted by molar-refractivity contribution is 5.72. The van der Waals surface area contributed by atoms with Gasteiger partial charge >= 0.3 is 6.18 Å². The molecule has 0 amide bonds. The van der Waals surface area contributed by atoms with Crippen LogP contribution in [-0.2, 0) is 19.6 Å². The average Bonchev–Trinajstić information content (AvgIpc) is 3.02. The van der Waals surface area contributed by atoms with Gasteiger partial charge in [0, 0.05) is 37.6 Å². The number of nitrogens with one attached hydrogen (secondary N) is 1. The highest BCUT2D eigenvalue weighted by Gasteiger charge is 2.33. The SMILES string of the molecule is CCc1ccc(-c2cc(-c3cc(NC)ncn3)cn2C)cc1C(F)(F)F. The van der Waals surface area contributed by atoms with Crippen LogP contribution in [-0.4, -0.2) is 21.6 Å². The predicted octanol–water partition coefficient (Wildman–Crippen LogP) is 4.77. The Morgan fingerprint density at radius 3 is 2.50 bits per heavy atom. The molecule has 0 aliphatic rings. The van der Waals surface area contributed by atoms with E-state index in [0.717, 1.165) is 5.56 Å². The molecule has 3 aromatic rings. The molecule has 0 saturated heterocycles. The van der Waals surface area contributed by atoms with Gasteiger partial charge in [-0.15, -0.1) is 0 Å². The third kappa shape index (κ3) is 3.42. The molecule has 3 rings (SSSR count). The molecule has 1 aromatic carbocycles. The largest absolute Gasteiger partial charge is 0.416 e. The van der Waals surface area contributed by atoms with Gasteiger partial charge in [-0.3, -0.25) is 0 Å². The van der Waals surface area contributed by atoms with E-state index in [0.29, 0.717) is 34.8 Å². The van der Waals surface area contributed by atoms with Crippen molar-refractivity contribution >= 4 is 5.82 Å². The lowest BCUT2D eigenvalue weighted by atomic mass is 10.00. The first-order chi connectivity index (χ1) is 12.3. The van der Waals surface area contributed by atoms with E-state index in [2.05, 4.69) is 15.3 Å². The van der Waals surface area contributed by atoms with Crippen LogP contribution in [0.4, 0.5) is 19.0 Å². The molecule has 0 saturated carbocycles. The minimum absolute atomic E-state index is 0.296. The second kappa shape index (κ2) is 6.82. The molecular formula is C19H19F3N4. The summed E-state index contributed by atoms with van der Waals surface area (Å²) >= 11 is 0. The van der Waals surface area contributed by atoms with Gasteiger partial charge in [-0.1, -0.05) is 19.1 Å². The Kier molecular flexibility index (Phi) is 4.71. The van der Waals surface area contributed by atoms with Crippen molar-refractivity contribution in [1.29, 1.82) is 0 Å². The molecule has 2 heterocycles. The highest BCUT2D eigenvalue weighted by atomic mass is 19.4. The lowest BCUT2D eigenvalue weighted by Gasteiger charge is -2.14. The molecule has 7 heteroatoms. The second-order valence-electron chi connectivity index (χ2n) is 5.99. The Morgan fingerprint density at radius 1 is 1.08 bits per heavy atom. The number of benzene rings is 1. The van der Waals surface area contributed by atoms with Gasteiger partial charge in [0.05, 0.1) is 11.3 Å². The van der Waals surface area contributed by atoms with E-state index in [4.69, 9.17) is 0 Å². The molecule has 0 aliphatic heterocycles. The monoisotopic (exact) mass is 360 g/mol. The molecule has 4 nitrogen and oxygen atoms in total. The lowest BCUT2D eigenvalue weighted by molar-refractivity contribution is -0.138. The van der Waals surface area contributed by atoms with Crippen molar-refractivity contribution < 1.29 is 13.2 Å². The Hall–Kier alpha value is -2.83. The summed E-state index contributed by atoms with van der Waals surface area (Å²) in [7, 11) is 3.57. The summed E-state index contributed by atoms with van der Waals surface area (Å²) in [6, 6.07) is 8.13. The van der Waals surface area contributed by atoms with Crippen LogP contribution < -0.4 is 5.32 Å². The first kappa shape index (κ1) is 18.0. The van der Waals surface area contributed by atoms with E-state index in [9.17, 15) is 13.2 Å². The van der Waals surface area contributed by atoms with Crippen LogP contribution in [0.3, 0.4) is 0 Å². The maximum Gasteiger partial charge on any atom is 0.416 e. The van der Waals surface area contributed by atoms with Gasteiger partial charge in [0.1, 0.15) is 12.1 Å². The van der Waals surface area contributed by atoms with Crippen LogP contribution >= 0.6 is 0 Å². The summed E-state index contributed by atoms with van der Waals surface area (Å²) in [5.41, 5.74) is 2.44. The number of hydrogen-bond donors (Lipinski definition) is 1. The smallest absolute Gasteiger partial charge is 0.373 e. The predicted molar refractivity (Wildman–Crippen MR) is 95.8 cm³/mol. The van der Waals surface area contributed by atoms with Crippen molar-refractivity contribution in [1.82, 2.24) is 14.5 Å². The van der Waals surface area contributed by atoms with Crippen LogP contribution in [0.15, 0.2) is 42.9 Å². The molecule has 0 aliphatic carbocycles. The number of alkyl halides is 3. The maximum atomic E-state index is 13.4. The van der Waals surface area contributed by atoms with Gasteiger partial charge in [-0.25, -0.2) is 9.97 Å². The topological polar surface area (TPSA) is 42.7 Å². The Morgan fingerprint density at radius 2 is 1.85 bits per heavy atom. The van der Waals surface area contributed by atoms with Gasteiger partial charge in [0.25, 0.3) is 0 Å². The minimum atomic E-state index is -4.37. The van der Waals surface area contributed by atoms with Crippen molar-refractivity contribution in [3.05, 3.63) is 54.0 Å². The average molecular weight is 360 g/mol. The van der Waals surface area contributed by atoms with E-state index in [1.807, 2.05) is 12.3 Å². The van der Waals surface area contributed by atoms with E-state index < -0.39 is 11.7 Å². The third-order valence-corrected chi connectivity index (χ3v) is 4.32. The first-order valence-electron chi connectivity index (χ1n) is 8.20. The Balaban J connectivity index is 2.07. The van der Waals surface area contributed by atoms with Crippen molar-refractivity contribution in [2.45, 2.75) is 19.5 Å². The van der Waals surface area contributed by atoms with Crippen LogP contribution in [0.25, 0.3) is 22.5 Å². The summed E-state index contributed by atoms with van der Waals surface area (Å²) < 4.78 is 41.9. The van der Waals surface area contributed by atoms with Crippen LogP contribution in [0.5, 0.6) is 0 Å². The fourth-order valence-corrected chi connectivity index (χ4v) is 2.95. The van der Waals surface area contributed by atoms with Crippen LogP contribution in [0.1, 0.15) is 18.1 Å². The fourth-order valence-electron chi connectivity index (χ4n) is 2.95. The van der Waals surface area contributed by atoms with Crippen LogP contribution in [0.2, 0.25) is 0 Å². The minimum Gasteiger partial charge on any atom is -0.373 e. The molecule has 0 bridgehead atoms. The number of nitrogens with zero attached hydrogens (tertiary/aromatic N) is 3. The number of rotatable bonds is 4. The molecular weight excluding hydrogens is 341 g/mol. The van der Waals surface area contributed by atoms with E-state index in [1.165, 1.54) is 12.4 Å². The van der Waals surface area contributed by atoms with Crippen LogP contribution in [0, 0.1) is 0 Å². The Labute approximate surface area is 149 Å². The van der Waals surface area contributed by atoms with Gasteiger partial charge in [0.15, 0.2) is 0 Å². The van der Waals surface area contributed by atoms with Crippen molar-refractivity contribution in [2.24, 2.45) is 7.05 Å². The van der Waals surface area contributed by atoms with Crippen molar-refractivity contribution in [3.63, 3.8) is 0 Å². The van der Waals surface area contributed by atoms with Crippen molar-refractivity contribution in [2.75, 3.05) is 12.4 Å². The number of aryl methyl sites for hydroxylation is 2. The van der Waals surface area contributed by atoms with Gasteiger partial charge in [0.2, 0.25) is 0 Å². The molecule has 0 radical (unpaired) electrons. The summed E-state index contributed by atoms with van der Waals surface area (Å²) in [4.78, 5) is 8.32. The van der Waals surface area contributed by atoms with Gasteiger partial charge < -0.3 is 9.88 Å². The number of hydrogen-bond acceptors (Lipinski definition) is 3. The molecule has 1 N–H and O–H groups in total. The molecule has 2 aromatic heterocycles. The standard InChI is InChI=1S/C19H19F3N4/c1-4-12-5-6-13(7-15(12)19(20,21)22)17-8-14(10-26(17)3)16-9-18(23-2)25-11-24-16/h5-11H,4H2,1-3H3,(H,23,24,25). The molecule has 136 valence electrons. The van der Waals surface area contributed by atoms with Crippen molar-refractivity contribution in [3.8, 4) is 22.5 Å². The second-order valence-corrected chi connectivity index (χ2v) is 5.99. The normalized spacial score (nSPS) is 11.6. The third-order valence-electron chi connectivity index (χ3n) is 4.32. The van der Waals surface area contributed by atoms with E-state index in [-0.39, 0.29) is 0 Å². The van der Waals surface area contributed by atoms with Gasteiger partial charge in [-0.2, -0.15) is 13.2 Å². The van der Waals surface area contributed by atoms with E-state index >= 15 is 0 Å². The Bertz CT molecular complexity index is 929. The van der Waals surface area contributed by atoms with E-state index in [1.54, 1.807) is 43.8 Å². The molecule has 0 spiro atoms. The maximum absolute atomic E-state index is 13.4. The number of halogens is 3. The molecule has 26 heavy (non-hydrogen) atoms. The fraction of sp³-hybridized carbons (Fsp3) is 0.263. The van der Waals surface area contributed by atoms with Gasteiger partial charge in [-0.05, 0) is 29.7 Å². The molecule has 0 atom stereocenters. The zero-order chi connectivity index (χ0) is 18.9. The summed E-state index contributed by atoms with van der Waals surface area (Å²) in [5, 5.41) is 2.94. The zero-order valence-corrected chi connectivity index (χ0v) is 14.7. The number of anilines is 1. The zero-order valence-electron chi connectivity index (χ0n) is 14.7. The summed E-state index contributed by atoms with van der Waals surface area (Å²) in [6.45, 7) is 1.72.